The molecule has 0 atom stereocenters. The van der Waals surface area contributed by atoms with Gasteiger partial charge in [-0.3, -0.25) is 0 Å². The van der Waals surface area contributed by atoms with Crippen molar-refractivity contribution in [2.45, 2.75) is 13.8 Å². The summed E-state index contributed by atoms with van der Waals surface area (Å²) in [4.78, 5) is 12.1. The first kappa shape index (κ1) is 13.6. The third-order valence-corrected chi connectivity index (χ3v) is 7.93. The molecule has 92 valence electrons. The molecule has 0 fully saturated rings. The van der Waals surface area contributed by atoms with Crippen molar-refractivity contribution >= 4 is 42.4 Å². The summed E-state index contributed by atoms with van der Waals surface area (Å²) in [6.07, 6.45) is 0. The summed E-state index contributed by atoms with van der Waals surface area (Å²) >= 11 is -0.0960. The van der Waals surface area contributed by atoms with E-state index < -0.39 is 0 Å². The van der Waals surface area contributed by atoms with Crippen LogP contribution in [-0.2, 0) is 0 Å². The SMILES string of the molecule is Cc1ccccc1[Se]C(=O)[Se]c1ccccc1C. The number of carbonyl (C=O) groups is 1. The van der Waals surface area contributed by atoms with Crippen LogP contribution in [0.15, 0.2) is 48.5 Å². The first-order valence-electron chi connectivity index (χ1n) is 5.68. The molecule has 0 saturated carbocycles. The Hall–Kier alpha value is -0.851. The van der Waals surface area contributed by atoms with Gasteiger partial charge in [-0.1, -0.05) is 0 Å². The molecule has 0 aliphatic heterocycles. The van der Waals surface area contributed by atoms with Gasteiger partial charge in [-0.05, 0) is 0 Å². The molecule has 0 heterocycles. The summed E-state index contributed by atoms with van der Waals surface area (Å²) in [6, 6.07) is 16.4. The van der Waals surface area contributed by atoms with Gasteiger partial charge in [0.25, 0.3) is 0 Å². The zero-order valence-electron chi connectivity index (χ0n) is 10.3. The van der Waals surface area contributed by atoms with Gasteiger partial charge in [0.2, 0.25) is 0 Å². The van der Waals surface area contributed by atoms with Crippen LogP contribution in [0, 0.1) is 13.8 Å². The van der Waals surface area contributed by atoms with Gasteiger partial charge >= 0.3 is 121 Å². The Morgan fingerprint density at radius 2 is 1.17 bits per heavy atom. The van der Waals surface area contributed by atoms with Gasteiger partial charge < -0.3 is 0 Å². The van der Waals surface area contributed by atoms with Gasteiger partial charge in [0.1, 0.15) is 0 Å². The third kappa shape index (κ3) is 3.57. The Balaban J connectivity index is 2.06. The van der Waals surface area contributed by atoms with Gasteiger partial charge in [0, 0.05) is 0 Å². The van der Waals surface area contributed by atoms with Crippen LogP contribution in [0.5, 0.6) is 0 Å². The summed E-state index contributed by atoms with van der Waals surface area (Å²) in [5.41, 5.74) is 2.46. The molecule has 1 nitrogen and oxygen atoms in total. The average molecular weight is 368 g/mol. The maximum absolute atomic E-state index is 12.1. The van der Waals surface area contributed by atoms with Crippen LogP contribution in [0.1, 0.15) is 11.1 Å². The summed E-state index contributed by atoms with van der Waals surface area (Å²) in [6.45, 7) is 4.15. The Morgan fingerprint density at radius 3 is 1.56 bits per heavy atom. The topological polar surface area (TPSA) is 17.1 Å². The predicted molar refractivity (Wildman–Crippen MR) is 78.5 cm³/mol. The molecule has 0 unspecified atom stereocenters. The molecule has 0 saturated heterocycles. The number of hydrogen-bond acceptors (Lipinski definition) is 1. The summed E-state index contributed by atoms with van der Waals surface area (Å²) < 4.78 is 2.83. The Labute approximate surface area is 120 Å². The number of carbonyl (C=O) groups excluding carboxylic acids is 1. The predicted octanol–water partition coefficient (Wildman–Crippen LogP) is 1.78. The van der Waals surface area contributed by atoms with E-state index in [2.05, 4.69) is 38.1 Å². The van der Waals surface area contributed by atoms with Gasteiger partial charge in [0.05, 0.1) is 0 Å². The van der Waals surface area contributed by atoms with Crippen LogP contribution in [0.2, 0.25) is 0 Å². The molecule has 0 N–H and O–H groups in total. The van der Waals surface area contributed by atoms with Crippen molar-refractivity contribution < 1.29 is 4.79 Å². The number of hydrogen-bond donors (Lipinski definition) is 0. The van der Waals surface area contributed by atoms with Crippen LogP contribution in [0.25, 0.3) is 0 Å². The standard InChI is InChI=1S/C15H14OSe2/c1-11-7-3-5-9-13(11)17-15(16)18-14-10-6-4-8-12(14)2/h3-10H,1-2H3. The zero-order valence-corrected chi connectivity index (χ0v) is 13.8. The Morgan fingerprint density at radius 1 is 0.778 bits per heavy atom. The first-order valence-corrected chi connectivity index (χ1v) is 9.10. The molecule has 0 bridgehead atoms. The molecule has 0 spiro atoms. The molecule has 2 rings (SSSR count). The van der Waals surface area contributed by atoms with E-state index in [1.165, 1.54) is 20.1 Å². The van der Waals surface area contributed by atoms with Crippen molar-refractivity contribution in [3.8, 4) is 0 Å². The molecular formula is C15H14OSe2. The third-order valence-electron chi connectivity index (χ3n) is 2.57. The quantitative estimate of drug-likeness (QED) is 0.753. The molecule has 3 heteroatoms. The van der Waals surface area contributed by atoms with Crippen molar-refractivity contribution in [1.29, 1.82) is 0 Å². The molecule has 18 heavy (non-hydrogen) atoms. The number of aryl methyl sites for hydroxylation is 2. The molecule has 2 aromatic rings. The molecular weight excluding hydrogens is 354 g/mol. The van der Waals surface area contributed by atoms with Crippen LogP contribution in [0.3, 0.4) is 0 Å². The summed E-state index contributed by atoms with van der Waals surface area (Å²) in [5, 5.41) is 0. The van der Waals surface area contributed by atoms with E-state index in [0.717, 1.165) is 0 Å². The second kappa shape index (κ2) is 6.35. The molecule has 2 aromatic carbocycles. The van der Waals surface area contributed by atoms with E-state index in [9.17, 15) is 4.79 Å². The fourth-order valence-electron chi connectivity index (χ4n) is 1.54. The van der Waals surface area contributed by atoms with Crippen molar-refractivity contribution in [2.75, 3.05) is 0 Å². The monoisotopic (exact) mass is 370 g/mol. The maximum atomic E-state index is 12.1. The van der Waals surface area contributed by atoms with E-state index in [4.69, 9.17) is 0 Å². The van der Waals surface area contributed by atoms with Crippen molar-refractivity contribution in [3.63, 3.8) is 0 Å². The normalized spacial score (nSPS) is 10.3. The molecule has 0 aliphatic rings. The van der Waals surface area contributed by atoms with E-state index in [1.807, 2.05) is 24.3 Å². The Kier molecular flexibility index (Phi) is 4.79. The van der Waals surface area contributed by atoms with Crippen LogP contribution >= 0.6 is 0 Å². The molecule has 0 aromatic heterocycles. The fraction of sp³-hybridized carbons (Fsp3) is 0.133. The summed E-state index contributed by atoms with van der Waals surface area (Å²) in [5.74, 6) is 0. The first-order chi connectivity index (χ1) is 8.66. The van der Waals surface area contributed by atoms with Gasteiger partial charge in [-0.15, -0.1) is 0 Å². The van der Waals surface area contributed by atoms with Gasteiger partial charge in [-0.2, -0.15) is 0 Å². The van der Waals surface area contributed by atoms with E-state index in [-0.39, 0.29) is 29.9 Å². The average Bonchev–Trinajstić information content (AvgIpc) is 2.35. The molecule has 0 aliphatic carbocycles. The van der Waals surface area contributed by atoms with Gasteiger partial charge in [0.15, 0.2) is 0 Å². The fourth-order valence-corrected chi connectivity index (χ4v) is 6.37. The van der Waals surface area contributed by atoms with E-state index in [1.54, 1.807) is 0 Å². The van der Waals surface area contributed by atoms with Gasteiger partial charge in [-0.25, -0.2) is 0 Å². The summed E-state index contributed by atoms with van der Waals surface area (Å²) in [7, 11) is 0. The van der Waals surface area contributed by atoms with Crippen molar-refractivity contribution in [2.24, 2.45) is 0 Å². The number of rotatable bonds is 4. The minimum absolute atomic E-state index is 0.0480. The second-order valence-electron chi connectivity index (χ2n) is 3.99. The van der Waals surface area contributed by atoms with Crippen molar-refractivity contribution in [3.05, 3.63) is 59.7 Å². The van der Waals surface area contributed by atoms with E-state index >= 15 is 0 Å². The van der Waals surface area contributed by atoms with Crippen LogP contribution in [-0.4, -0.2) is 33.5 Å². The second-order valence-corrected chi connectivity index (χ2v) is 9.55. The minimum atomic E-state index is -0.0480. The van der Waals surface area contributed by atoms with Crippen LogP contribution in [0.4, 0.5) is 4.79 Å². The zero-order chi connectivity index (χ0) is 13.0. The van der Waals surface area contributed by atoms with E-state index in [0.29, 0.717) is 3.58 Å². The number of benzene rings is 2. The van der Waals surface area contributed by atoms with Crippen molar-refractivity contribution in [1.82, 2.24) is 0 Å². The Bertz CT molecular complexity index is 514. The molecule has 0 radical (unpaired) electrons. The molecule has 0 amide bonds. The van der Waals surface area contributed by atoms with Crippen LogP contribution < -0.4 is 8.92 Å².